The number of benzene rings is 1. The normalized spacial score (nSPS) is 10.4. The van der Waals surface area contributed by atoms with Crippen molar-refractivity contribution in [2.75, 3.05) is 0 Å². The van der Waals surface area contributed by atoms with Gasteiger partial charge in [-0.2, -0.15) is 5.10 Å². The molecule has 0 saturated carbocycles. The molecule has 12 heavy (non-hydrogen) atoms. The molecule has 3 heteroatoms. The first-order valence-electron chi connectivity index (χ1n) is 3.68. The van der Waals surface area contributed by atoms with Crippen molar-refractivity contribution in [2.24, 2.45) is 7.05 Å². The number of carbonyl (C=O) groups is 1. The second kappa shape index (κ2) is 2.44. The Kier molecular flexibility index (Phi) is 1.43. The molecule has 0 fully saturated rings. The van der Waals surface area contributed by atoms with E-state index in [0.717, 1.165) is 17.2 Å². The van der Waals surface area contributed by atoms with Crippen LogP contribution >= 0.6 is 0 Å². The molecular weight excluding hydrogens is 152 g/mol. The molecule has 0 atom stereocenters. The molecule has 3 nitrogen and oxygen atoms in total. The first-order chi connectivity index (χ1) is 5.81. The van der Waals surface area contributed by atoms with Gasteiger partial charge in [-0.25, -0.2) is 0 Å². The molecule has 0 saturated heterocycles. The van der Waals surface area contributed by atoms with Gasteiger partial charge in [0.05, 0.1) is 11.7 Å². The third-order valence-corrected chi connectivity index (χ3v) is 1.91. The van der Waals surface area contributed by atoms with Gasteiger partial charge in [-0.3, -0.25) is 9.48 Å². The molecule has 2 aromatic rings. The van der Waals surface area contributed by atoms with E-state index in [2.05, 4.69) is 5.10 Å². The van der Waals surface area contributed by atoms with Gasteiger partial charge < -0.3 is 0 Å². The lowest BCUT2D eigenvalue weighted by molar-refractivity contribution is 0.112. The van der Waals surface area contributed by atoms with Crippen molar-refractivity contribution in [3.8, 4) is 0 Å². The molecular formula is C9H8N2O. The van der Waals surface area contributed by atoms with Crippen molar-refractivity contribution in [2.45, 2.75) is 0 Å². The van der Waals surface area contributed by atoms with Crippen LogP contribution in [0.15, 0.2) is 24.4 Å². The number of fused-ring (bicyclic) bond motifs is 1. The number of hydrogen-bond donors (Lipinski definition) is 0. The van der Waals surface area contributed by atoms with Gasteiger partial charge in [0.1, 0.15) is 6.29 Å². The van der Waals surface area contributed by atoms with E-state index in [1.54, 1.807) is 16.9 Å². The van der Waals surface area contributed by atoms with Crippen LogP contribution in [0.1, 0.15) is 10.4 Å². The number of carbonyl (C=O) groups excluding carboxylic acids is 1. The molecule has 1 aromatic heterocycles. The standard InChI is InChI=1S/C9H8N2O/c1-11-9-3-2-7(6-12)4-8(9)5-10-11/h2-6H,1H3. The van der Waals surface area contributed by atoms with E-state index in [1.165, 1.54) is 0 Å². The SMILES string of the molecule is Cn1ncc2cc(C=O)ccc21. The average molecular weight is 160 g/mol. The molecule has 0 aliphatic heterocycles. The summed E-state index contributed by atoms with van der Waals surface area (Å²) in [6.07, 6.45) is 2.59. The zero-order chi connectivity index (χ0) is 8.55. The van der Waals surface area contributed by atoms with Crippen molar-refractivity contribution in [1.29, 1.82) is 0 Å². The maximum atomic E-state index is 10.4. The predicted octanol–water partition coefficient (Wildman–Crippen LogP) is 1.39. The molecule has 0 N–H and O–H groups in total. The van der Waals surface area contributed by atoms with E-state index in [0.29, 0.717) is 5.56 Å². The predicted molar refractivity (Wildman–Crippen MR) is 46.1 cm³/mol. The lowest BCUT2D eigenvalue weighted by Gasteiger charge is -1.93. The molecule has 0 unspecified atom stereocenters. The fourth-order valence-electron chi connectivity index (χ4n) is 1.26. The van der Waals surface area contributed by atoms with Crippen LogP contribution < -0.4 is 0 Å². The van der Waals surface area contributed by atoms with E-state index >= 15 is 0 Å². The molecule has 1 aromatic carbocycles. The van der Waals surface area contributed by atoms with Gasteiger partial charge in [0.15, 0.2) is 0 Å². The van der Waals surface area contributed by atoms with Crippen molar-refractivity contribution in [3.63, 3.8) is 0 Å². The zero-order valence-corrected chi connectivity index (χ0v) is 6.69. The number of hydrogen-bond acceptors (Lipinski definition) is 2. The van der Waals surface area contributed by atoms with Crippen molar-refractivity contribution in [1.82, 2.24) is 9.78 Å². The minimum atomic E-state index is 0.690. The fourth-order valence-corrected chi connectivity index (χ4v) is 1.26. The minimum Gasteiger partial charge on any atom is -0.298 e. The summed E-state index contributed by atoms with van der Waals surface area (Å²) in [5.74, 6) is 0. The minimum absolute atomic E-state index is 0.690. The first-order valence-corrected chi connectivity index (χ1v) is 3.68. The summed E-state index contributed by atoms with van der Waals surface area (Å²) in [5, 5.41) is 5.07. The van der Waals surface area contributed by atoms with E-state index in [1.807, 2.05) is 19.2 Å². The number of aldehydes is 1. The molecule has 2 rings (SSSR count). The first kappa shape index (κ1) is 7.03. The van der Waals surface area contributed by atoms with Crippen LogP contribution in [0.25, 0.3) is 10.9 Å². The van der Waals surface area contributed by atoms with Crippen LogP contribution in [0.2, 0.25) is 0 Å². The molecule has 0 aliphatic rings. The maximum absolute atomic E-state index is 10.4. The van der Waals surface area contributed by atoms with Gasteiger partial charge in [-0.05, 0) is 18.2 Å². The molecule has 1 heterocycles. The van der Waals surface area contributed by atoms with Gasteiger partial charge in [0, 0.05) is 18.0 Å². The van der Waals surface area contributed by atoms with E-state index in [-0.39, 0.29) is 0 Å². The van der Waals surface area contributed by atoms with Crippen molar-refractivity contribution < 1.29 is 4.79 Å². The smallest absolute Gasteiger partial charge is 0.150 e. The summed E-state index contributed by atoms with van der Waals surface area (Å²) in [7, 11) is 1.88. The Morgan fingerprint density at radius 3 is 3.08 bits per heavy atom. The topological polar surface area (TPSA) is 34.9 Å². The second-order valence-corrected chi connectivity index (χ2v) is 2.70. The molecule has 0 radical (unpaired) electrons. The molecule has 0 bridgehead atoms. The Labute approximate surface area is 69.6 Å². The number of rotatable bonds is 1. The summed E-state index contributed by atoms with van der Waals surface area (Å²) in [6, 6.07) is 5.51. The quantitative estimate of drug-likeness (QED) is 0.591. The molecule has 0 aliphatic carbocycles. The van der Waals surface area contributed by atoms with E-state index in [9.17, 15) is 4.79 Å². The lowest BCUT2D eigenvalue weighted by atomic mass is 10.2. The van der Waals surface area contributed by atoms with Crippen LogP contribution in [-0.4, -0.2) is 16.1 Å². The third-order valence-electron chi connectivity index (χ3n) is 1.91. The molecule has 0 amide bonds. The maximum Gasteiger partial charge on any atom is 0.150 e. The third kappa shape index (κ3) is 0.906. The molecule has 0 spiro atoms. The van der Waals surface area contributed by atoms with Crippen molar-refractivity contribution in [3.05, 3.63) is 30.0 Å². The zero-order valence-electron chi connectivity index (χ0n) is 6.69. The number of aromatic nitrogens is 2. The highest BCUT2D eigenvalue weighted by Gasteiger charge is 1.98. The van der Waals surface area contributed by atoms with Gasteiger partial charge in [0.25, 0.3) is 0 Å². The summed E-state index contributed by atoms with van der Waals surface area (Å²) in [6.45, 7) is 0. The number of nitrogens with zero attached hydrogens (tertiary/aromatic N) is 2. The Balaban J connectivity index is 2.77. The van der Waals surface area contributed by atoms with Gasteiger partial charge in [-0.1, -0.05) is 0 Å². The van der Waals surface area contributed by atoms with Crippen LogP contribution in [0.3, 0.4) is 0 Å². The Bertz CT molecular complexity index is 431. The van der Waals surface area contributed by atoms with Crippen LogP contribution in [0, 0.1) is 0 Å². The summed E-state index contributed by atoms with van der Waals surface area (Å²) >= 11 is 0. The Hall–Kier alpha value is -1.64. The monoisotopic (exact) mass is 160 g/mol. The second-order valence-electron chi connectivity index (χ2n) is 2.70. The van der Waals surface area contributed by atoms with Crippen LogP contribution in [0.4, 0.5) is 0 Å². The van der Waals surface area contributed by atoms with E-state index in [4.69, 9.17) is 0 Å². The molecule has 60 valence electrons. The highest BCUT2D eigenvalue weighted by Crippen LogP contribution is 2.13. The summed E-state index contributed by atoms with van der Waals surface area (Å²) in [4.78, 5) is 10.4. The van der Waals surface area contributed by atoms with Gasteiger partial charge >= 0.3 is 0 Å². The van der Waals surface area contributed by atoms with Crippen LogP contribution in [0.5, 0.6) is 0 Å². The largest absolute Gasteiger partial charge is 0.298 e. The Morgan fingerprint density at radius 2 is 2.33 bits per heavy atom. The average Bonchev–Trinajstić information content (AvgIpc) is 2.47. The van der Waals surface area contributed by atoms with Gasteiger partial charge in [-0.15, -0.1) is 0 Å². The summed E-state index contributed by atoms with van der Waals surface area (Å²) in [5.41, 5.74) is 1.73. The lowest BCUT2D eigenvalue weighted by Crippen LogP contribution is -1.88. The fraction of sp³-hybridized carbons (Fsp3) is 0.111. The Morgan fingerprint density at radius 1 is 1.50 bits per heavy atom. The highest BCUT2D eigenvalue weighted by molar-refractivity contribution is 5.86. The van der Waals surface area contributed by atoms with E-state index < -0.39 is 0 Å². The van der Waals surface area contributed by atoms with Crippen LogP contribution in [-0.2, 0) is 7.05 Å². The van der Waals surface area contributed by atoms with Crippen molar-refractivity contribution >= 4 is 17.2 Å². The summed E-state index contributed by atoms with van der Waals surface area (Å²) < 4.78 is 1.78. The number of aryl methyl sites for hydroxylation is 1. The van der Waals surface area contributed by atoms with Gasteiger partial charge in [0.2, 0.25) is 0 Å². The highest BCUT2D eigenvalue weighted by atomic mass is 16.1.